The molecule has 5 rings (SSSR count). The van der Waals surface area contributed by atoms with Crippen molar-refractivity contribution in [1.82, 2.24) is 9.78 Å². The molecule has 3 heterocycles. The summed E-state index contributed by atoms with van der Waals surface area (Å²) in [5, 5.41) is 12.3. The number of anilines is 3. The van der Waals surface area contributed by atoms with Gasteiger partial charge in [0.15, 0.2) is 23.2 Å². The fraction of sp³-hybridized carbons (Fsp3) is 0.292. The summed E-state index contributed by atoms with van der Waals surface area (Å²) in [5.74, 6) is 0.193. The summed E-state index contributed by atoms with van der Waals surface area (Å²) in [6, 6.07) is 10.1. The first-order valence-corrected chi connectivity index (χ1v) is 11.2. The molecule has 0 unspecified atom stereocenters. The van der Waals surface area contributed by atoms with Gasteiger partial charge in [-0.05, 0) is 35.9 Å². The molecule has 12 heteroatoms. The van der Waals surface area contributed by atoms with E-state index < -0.39 is 24.2 Å². The maximum atomic E-state index is 14.0. The van der Waals surface area contributed by atoms with E-state index in [1.807, 2.05) is 0 Å². The van der Waals surface area contributed by atoms with Gasteiger partial charge in [0.05, 0.1) is 6.04 Å². The number of carbonyl (C=O) groups is 2. The predicted molar refractivity (Wildman–Crippen MR) is 124 cm³/mol. The Morgan fingerprint density at radius 1 is 1.08 bits per heavy atom. The lowest BCUT2D eigenvalue weighted by Crippen LogP contribution is -2.35. The van der Waals surface area contributed by atoms with Crippen LogP contribution >= 0.6 is 0 Å². The summed E-state index contributed by atoms with van der Waals surface area (Å²) < 4.78 is 53.4. The van der Waals surface area contributed by atoms with E-state index in [0.717, 1.165) is 4.68 Å². The molecule has 2 amide bonds. The van der Waals surface area contributed by atoms with Crippen LogP contribution in [0.25, 0.3) is 0 Å². The lowest BCUT2D eigenvalue weighted by atomic mass is 9.96. The Hall–Kier alpha value is -4.22. The Kier molecular flexibility index (Phi) is 5.94. The third-order valence-corrected chi connectivity index (χ3v) is 5.95. The number of ether oxygens (including phenoxy) is 2. The van der Waals surface area contributed by atoms with Gasteiger partial charge in [0.1, 0.15) is 5.82 Å². The molecule has 3 N–H and O–H groups in total. The van der Waals surface area contributed by atoms with Crippen LogP contribution in [0.4, 0.5) is 30.4 Å². The van der Waals surface area contributed by atoms with Crippen LogP contribution in [-0.4, -0.2) is 34.6 Å². The monoisotopic (exact) mass is 501 g/mol. The standard InChI is InChI=1S/C24H22F3N5O4/c1-2-22(33)28-14-4-3-5-15(9-14)29-23(34)17-11-21-30-16(10-20(24(25,26)27)32(21)31-17)13-6-7-18-19(8-13)36-12-35-18/h3-9,11,16,20,30H,2,10,12H2,1H3,(H,28,33)(H,29,34)/t16-,20+/m1/s1. The second kappa shape index (κ2) is 9.10. The molecule has 2 atom stereocenters. The minimum atomic E-state index is -4.59. The summed E-state index contributed by atoms with van der Waals surface area (Å²) in [6.07, 6.45) is -4.62. The number of hydrogen-bond donors (Lipinski definition) is 3. The van der Waals surface area contributed by atoms with Gasteiger partial charge < -0.3 is 25.4 Å². The maximum absolute atomic E-state index is 14.0. The van der Waals surface area contributed by atoms with Crippen molar-refractivity contribution in [3.8, 4) is 11.5 Å². The summed E-state index contributed by atoms with van der Waals surface area (Å²) in [7, 11) is 0. The second-order valence-corrected chi connectivity index (χ2v) is 8.40. The molecule has 0 spiro atoms. The second-order valence-electron chi connectivity index (χ2n) is 8.40. The van der Waals surface area contributed by atoms with Crippen molar-refractivity contribution < 1.29 is 32.2 Å². The number of alkyl halides is 3. The Morgan fingerprint density at radius 2 is 1.83 bits per heavy atom. The zero-order valence-corrected chi connectivity index (χ0v) is 19.1. The minimum Gasteiger partial charge on any atom is -0.454 e. The van der Waals surface area contributed by atoms with E-state index in [4.69, 9.17) is 9.47 Å². The smallest absolute Gasteiger partial charge is 0.410 e. The van der Waals surface area contributed by atoms with Gasteiger partial charge in [-0.15, -0.1) is 0 Å². The number of rotatable bonds is 5. The summed E-state index contributed by atoms with van der Waals surface area (Å²) in [5.41, 5.74) is 1.26. The van der Waals surface area contributed by atoms with Crippen LogP contribution in [0.1, 0.15) is 47.9 Å². The van der Waals surface area contributed by atoms with Gasteiger partial charge in [0.2, 0.25) is 12.7 Å². The zero-order chi connectivity index (χ0) is 25.4. The molecule has 0 aliphatic carbocycles. The van der Waals surface area contributed by atoms with Gasteiger partial charge in [-0.2, -0.15) is 18.3 Å². The molecule has 9 nitrogen and oxygen atoms in total. The normalized spacial score (nSPS) is 18.2. The highest BCUT2D eigenvalue weighted by Crippen LogP contribution is 2.45. The van der Waals surface area contributed by atoms with E-state index in [1.54, 1.807) is 49.4 Å². The molecule has 0 saturated carbocycles. The molecule has 2 aliphatic heterocycles. The highest BCUT2D eigenvalue weighted by atomic mass is 19.4. The van der Waals surface area contributed by atoms with E-state index in [2.05, 4.69) is 21.0 Å². The third kappa shape index (κ3) is 4.66. The van der Waals surface area contributed by atoms with E-state index in [1.165, 1.54) is 6.07 Å². The van der Waals surface area contributed by atoms with E-state index in [-0.39, 0.29) is 37.1 Å². The van der Waals surface area contributed by atoms with Gasteiger partial charge in [-0.1, -0.05) is 19.1 Å². The summed E-state index contributed by atoms with van der Waals surface area (Å²) >= 11 is 0. The van der Waals surface area contributed by atoms with Crippen molar-refractivity contribution in [1.29, 1.82) is 0 Å². The molecule has 3 aromatic rings. The number of nitrogens with one attached hydrogen (secondary N) is 3. The maximum Gasteiger partial charge on any atom is 0.410 e. The van der Waals surface area contributed by atoms with Crippen LogP contribution in [0.2, 0.25) is 0 Å². The number of amides is 2. The third-order valence-electron chi connectivity index (χ3n) is 5.95. The van der Waals surface area contributed by atoms with Crippen LogP contribution < -0.4 is 25.4 Å². The van der Waals surface area contributed by atoms with Crippen molar-refractivity contribution in [3.63, 3.8) is 0 Å². The van der Waals surface area contributed by atoms with E-state index in [9.17, 15) is 22.8 Å². The highest BCUT2D eigenvalue weighted by Gasteiger charge is 2.47. The molecule has 2 aromatic carbocycles. The molecular formula is C24H22F3N5O4. The quantitative estimate of drug-likeness (QED) is 0.461. The molecule has 0 fully saturated rings. The molecule has 188 valence electrons. The minimum absolute atomic E-state index is 0.0567. The first-order chi connectivity index (χ1) is 17.2. The zero-order valence-electron chi connectivity index (χ0n) is 19.1. The molecule has 0 saturated heterocycles. The Morgan fingerprint density at radius 3 is 2.58 bits per heavy atom. The average molecular weight is 501 g/mol. The van der Waals surface area contributed by atoms with E-state index in [0.29, 0.717) is 28.4 Å². The number of benzene rings is 2. The van der Waals surface area contributed by atoms with Gasteiger partial charge in [-0.3, -0.25) is 9.59 Å². The highest BCUT2D eigenvalue weighted by molar-refractivity contribution is 6.04. The van der Waals surface area contributed by atoms with Gasteiger partial charge in [0, 0.05) is 30.3 Å². The van der Waals surface area contributed by atoms with Crippen LogP contribution in [0.5, 0.6) is 11.5 Å². The van der Waals surface area contributed by atoms with Crippen LogP contribution in [0.15, 0.2) is 48.5 Å². The average Bonchev–Trinajstić information content (AvgIpc) is 3.49. The number of halogens is 3. The lowest BCUT2D eigenvalue weighted by Gasteiger charge is -2.33. The van der Waals surface area contributed by atoms with Gasteiger partial charge in [0.25, 0.3) is 5.91 Å². The fourth-order valence-electron chi connectivity index (χ4n) is 4.15. The lowest BCUT2D eigenvalue weighted by molar-refractivity contribution is -0.173. The van der Waals surface area contributed by atoms with Gasteiger partial charge in [-0.25, -0.2) is 4.68 Å². The Labute approximate surface area is 203 Å². The topological polar surface area (TPSA) is 107 Å². The van der Waals surface area contributed by atoms with Crippen molar-refractivity contribution in [3.05, 3.63) is 59.8 Å². The molecule has 36 heavy (non-hydrogen) atoms. The van der Waals surface area contributed by atoms with Crippen molar-refractivity contribution in [2.24, 2.45) is 0 Å². The van der Waals surface area contributed by atoms with Crippen molar-refractivity contribution in [2.75, 3.05) is 22.7 Å². The molecule has 2 aliphatic rings. The largest absolute Gasteiger partial charge is 0.454 e. The molecule has 0 radical (unpaired) electrons. The SMILES string of the molecule is CCC(=O)Nc1cccc(NC(=O)c2cc3n(n2)[C@H](C(F)(F)F)C[C@H](c2ccc4c(c2)OCO4)N3)c1. The summed E-state index contributed by atoms with van der Waals surface area (Å²) in [4.78, 5) is 24.5. The number of aromatic nitrogens is 2. The number of carbonyl (C=O) groups excluding carboxylic acids is 2. The van der Waals surface area contributed by atoms with Crippen molar-refractivity contribution in [2.45, 2.75) is 38.0 Å². The number of fused-ring (bicyclic) bond motifs is 2. The van der Waals surface area contributed by atoms with Crippen LogP contribution in [0.3, 0.4) is 0 Å². The first kappa shape index (κ1) is 23.5. The predicted octanol–water partition coefficient (Wildman–Crippen LogP) is 4.87. The molecular weight excluding hydrogens is 479 g/mol. The van der Waals surface area contributed by atoms with E-state index >= 15 is 0 Å². The number of nitrogens with zero attached hydrogens (tertiary/aromatic N) is 2. The van der Waals surface area contributed by atoms with Crippen LogP contribution in [0, 0.1) is 0 Å². The Balaban J connectivity index is 1.39. The fourth-order valence-corrected chi connectivity index (χ4v) is 4.15. The number of hydrogen-bond acceptors (Lipinski definition) is 6. The summed E-state index contributed by atoms with van der Waals surface area (Å²) in [6.45, 7) is 1.77. The van der Waals surface area contributed by atoms with Crippen molar-refractivity contribution >= 4 is 29.0 Å². The Bertz CT molecular complexity index is 1320. The molecule has 0 bridgehead atoms. The molecule has 1 aromatic heterocycles. The first-order valence-electron chi connectivity index (χ1n) is 11.2. The van der Waals surface area contributed by atoms with Gasteiger partial charge >= 0.3 is 6.18 Å². The van der Waals surface area contributed by atoms with Crippen LogP contribution in [-0.2, 0) is 4.79 Å².